The number of thiazole rings is 1. The van der Waals surface area contributed by atoms with Crippen LogP contribution in [-0.2, 0) is 6.42 Å². The number of nitrogens with zero attached hydrogens (tertiary/aromatic N) is 4. The van der Waals surface area contributed by atoms with Crippen molar-refractivity contribution in [1.82, 2.24) is 19.7 Å². The Labute approximate surface area is 110 Å². The number of anilines is 1. The average molecular weight is 263 g/mol. The van der Waals surface area contributed by atoms with Crippen LogP contribution in [0.5, 0.6) is 0 Å². The summed E-state index contributed by atoms with van der Waals surface area (Å²) in [7, 11) is 0. The quantitative estimate of drug-likeness (QED) is 0.923. The molecule has 0 bridgehead atoms. The molecule has 2 aromatic rings. The topological polar surface area (TPSA) is 69.6 Å². The molecule has 0 atom stereocenters. The maximum absolute atomic E-state index is 5.65. The Bertz CT molecular complexity index is 512. The molecule has 1 aliphatic rings. The molecule has 0 aliphatic heterocycles. The molecule has 0 unspecified atom stereocenters. The van der Waals surface area contributed by atoms with Crippen LogP contribution in [0.3, 0.4) is 0 Å². The SMILES string of the molecule is Nc1nc(Cc2nncn2C2CCCCC2)cs1. The summed E-state index contributed by atoms with van der Waals surface area (Å²) >= 11 is 1.48. The molecule has 3 rings (SSSR count). The smallest absolute Gasteiger partial charge is 0.180 e. The largest absolute Gasteiger partial charge is 0.375 e. The summed E-state index contributed by atoms with van der Waals surface area (Å²) in [6, 6.07) is 0.569. The lowest BCUT2D eigenvalue weighted by Crippen LogP contribution is -2.15. The number of nitrogen functional groups attached to an aromatic ring is 1. The number of aromatic nitrogens is 4. The molecular formula is C12H17N5S. The van der Waals surface area contributed by atoms with Gasteiger partial charge in [-0.25, -0.2) is 4.98 Å². The zero-order valence-corrected chi connectivity index (χ0v) is 11.1. The zero-order valence-electron chi connectivity index (χ0n) is 10.2. The van der Waals surface area contributed by atoms with Gasteiger partial charge in [0, 0.05) is 11.4 Å². The normalized spacial score (nSPS) is 17.1. The Morgan fingerprint density at radius 2 is 2.17 bits per heavy atom. The van der Waals surface area contributed by atoms with E-state index >= 15 is 0 Å². The van der Waals surface area contributed by atoms with Gasteiger partial charge in [-0.1, -0.05) is 19.3 Å². The third-order valence-corrected chi connectivity index (χ3v) is 4.25. The summed E-state index contributed by atoms with van der Waals surface area (Å²) in [6.07, 6.45) is 9.05. The van der Waals surface area contributed by atoms with Gasteiger partial charge in [-0.15, -0.1) is 21.5 Å². The summed E-state index contributed by atoms with van der Waals surface area (Å²) < 4.78 is 2.23. The van der Waals surface area contributed by atoms with Crippen LogP contribution in [0.25, 0.3) is 0 Å². The maximum atomic E-state index is 5.65. The Kier molecular flexibility index (Phi) is 3.27. The van der Waals surface area contributed by atoms with Crippen LogP contribution in [0.2, 0.25) is 0 Å². The molecule has 0 saturated heterocycles. The molecule has 2 aromatic heterocycles. The van der Waals surface area contributed by atoms with E-state index in [0.29, 0.717) is 11.2 Å². The first kappa shape index (κ1) is 11.6. The molecule has 2 N–H and O–H groups in total. The predicted octanol–water partition coefficient (Wildman–Crippen LogP) is 2.41. The molecule has 0 amide bonds. The van der Waals surface area contributed by atoms with Gasteiger partial charge in [-0.3, -0.25) is 0 Å². The van der Waals surface area contributed by atoms with Crippen molar-refractivity contribution in [2.75, 3.05) is 5.73 Å². The van der Waals surface area contributed by atoms with E-state index < -0.39 is 0 Å². The van der Waals surface area contributed by atoms with Gasteiger partial charge in [0.1, 0.15) is 12.2 Å². The van der Waals surface area contributed by atoms with Crippen molar-refractivity contribution >= 4 is 16.5 Å². The highest BCUT2D eigenvalue weighted by Gasteiger charge is 2.18. The molecule has 96 valence electrons. The van der Waals surface area contributed by atoms with Crippen LogP contribution in [0.15, 0.2) is 11.7 Å². The minimum absolute atomic E-state index is 0.569. The Hall–Kier alpha value is -1.43. The van der Waals surface area contributed by atoms with Crippen LogP contribution in [0, 0.1) is 0 Å². The van der Waals surface area contributed by atoms with Crippen LogP contribution in [-0.4, -0.2) is 19.7 Å². The van der Waals surface area contributed by atoms with E-state index in [2.05, 4.69) is 19.7 Å². The third-order valence-electron chi connectivity index (χ3n) is 3.52. The summed E-state index contributed by atoms with van der Waals surface area (Å²) in [6.45, 7) is 0. The molecule has 1 aliphatic carbocycles. The summed E-state index contributed by atoms with van der Waals surface area (Å²) in [5.41, 5.74) is 6.64. The third kappa shape index (κ3) is 2.38. The Balaban J connectivity index is 1.78. The second-order valence-corrected chi connectivity index (χ2v) is 5.69. The van der Waals surface area contributed by atoms with E-state index in [1.807, 2.05) is 11.7 Å². The predicted molar refractivity (Wildman–Crippen MR) is 71.5 cm³/mol. The lowest BCUT2D eigenvalue weighted by molar-refractivity contribution is 0.346. The molecule has 0 radical (unpaired) electrons. The van der Waals surface area contributed by atoms with Crippen molar-refractivity contribution in [3.05, 3.63) is 23.2 Å². The molecule has 1 fully saturated rings. The molecule has 18 heavy (non-hydrogen) atoms. The molecular weight excluding hydrogens is 246 g/mol. The maximum Gasteiger partial charge on any atom is 0.180 e. The van der Waals surface area contributed by atoms with Gasteiger partial charge in [0.25, 0.3) is 0 Å². The van der Waals surface area contributed by atoms with Crippen molar-refractivity contribution in [1.29, 1.82) is 0 Å². The number of hydrogen-bond acceptors (Lipinski definition) is 5. The van der Waals surface area contributed by atoms with Gasteiger partial charge in [0.15, 0.2) is 5.13 Å². The van der Waals surface area contributed by atoms with Gasteiger partial charge in [0.05, 0.1) is 12.1 Å². The fraction of sp³-hybridized carbons (Fsp3) is 0.583. The molecule has 1 saturated carbocycles. The van der Waals surface area contributed by atoms with Gasteiger partial charge in [-0.05, 0) is 12.8 Å². The van der Waals surface area contributed by atoms with Crippen LogP contribution in [0.4, 0.5) is 5.13 Å². The molecule has 6 heteroatoms. The summed E-state index contributed by atoms with van der Waals surface area (Å²) in [5.74, 6) is 1.01. The fourth-order valence-electron chi connectivity index (χ4n) is 2.62. The lowest BCUT2D eigenvalue weighted by Gasteiger charge is -2.23. The van der Waals surface area contributed by atoms with Crippen molar-refractivity contribution in [2.45, 2.75) is 44.6 Å². The first-order chi connectivity index (χ1) is 8.83. The Morgan fingerprint density at radius 1 is 1.33 bits per heavy atom. The highest BCUT2D eigenvalue weighted by atomic mass is 32.1. The summed E-state index contributed by atoms with van der Waals surface area (Å²) in [5, 5.41) is 10.9. The highest BCUT2D eigenvalue weighted by Crippen LogP contribution is 2.29. The van der Waals surface area contributed by atoms with Crippen molar-refractivity contribution in [3.8, 4) is 0 Å². The zero-order chi connectivity index (χ0) is 12.4. The van der Waals surface area contributed by atoms with Crippen LogP contribution in [0.1, 0.15) is 49.7 Å². The standard InChI is InChI=1S/C12H17N5S/c13-12-15-9(7-18-12)6-11-16-14-8-17(11)10-4-2-1-3-5-10/h7-8,10H,1-6H2,(H2,13,15). The van der Waals surface area contributed by atoms with E-state index in [4.69, 9.17) is 5.73 Å². The van der Waals surface area contributed by atoms with Crippen molar-refractivity contribution in [3.63, 3.8) is 0 Å². The monoisotopic (exact) mass is 263 g/mol. The number of rotatable bonds is 3. The van der Waals surface area contributed by atoms with E-state index in [0.717, 1.165) is 17.9 Å². The number of nitrogens with two attached hydrogens (primary N) is 1. The minimum atomic E-state index is 0.569. The van der Waals surface area contributed by atoms with E-state index in [9.17, 15) is 0 Å². The fourth-order valence-corrected chi connectivity index (χ4v) is 3.19. The van der Waals surface area contributed by atoms with Gasteiger partial charge in [-0.2, -0.15) is 0 Å². The van der Waals surface area contributed by atoms with Crippen LogP contribution < -0.4 is 5.73 Å². The van der Waals surface area contributed by atoms with E-state index in [-0.39, 0.29) is 0 Å². The van der Waals surface area contributed by atoms with Gasteiger partial charge < -0.3 is 10.3 Å². The minimum Gasteiger partial charge on any atom is -0.375 e. The van der Waals surface area contributed by atoms with Crippen molar-refractivity contribution < 1.29 is 0 Å². The van der Waals surface area contributed by atoms with Gasteiger partial charge in [0.2, 0.25) is 0 Å². The van der Waals surface area contributed by atoms with E-state index in [1.165, 1.54) is 43.4 Å². The second-order valence-electron chi connectivity index (χ2n) is 4.80. The van der Waals surface area contributed by atoms with E-state index in [1.54, 1.807) is 0 Å². The Morgan fingerprint density at radius 3 is 2.89 bits per heavy atom. The van der Waals surface area contributed by atoms with Crippen LogP contribution >= 0.6 is 11.3 Å². The first-order valence-electron chi connectivity index (χ1n) is 6.41. The molecule has 5 nitrogen and oxygen atoms in total. The first-order valence-corrected chi connectivity index (χ1v) is 7.29. The second kappa shape index (κ2) is 5.06. The average Bonchev–Trinajstić information content (AvgIpc) is 3.00. The summed E-state index contributed by atoms with van der Waals surface area (Å²) in [4.78, 5) is 4.29. The molecule has 0 aromatic carbocycles. The van der Waals surface area contributed by atoms with Gasteiger partial charge >= 0.3 is 0 Å². The molecule has 0 spiro atoms. The number of hydrogen-bond donors (Lipinski definition) is 1. The lowest BCUT2D eigenvalue weighted by atomic mass is 9.95. The highest BCUT2D eigenvalue weighted by molar-refractivity contribution is 7.13. The van der Waals surface area contributed by atoms with Crippen molar-refractivity contribution in [2.24, 2.45) is 0 Å². The molecule has 2 heterocycles.